The monoisotopic (exact) mass is 497 g/mol. The summed E-state index contributed by atoms with van der Waals surface area (Å²) in [6.45, 7) is 1.43. The summed E-state index contributed by atoms with van der Waals surface area (Å²) in [6.07, 6.45) is -2.30. The summed E-state index contributed by atoms with van der Waals surface area (Å²) in [7, 11) is 0. The van der Waals surface area contributed by atoms with Crippen LogP contribution in [-0.4, -0.2) is 32.8 Å². The van der Waals surface area contributed by atoms with Crippen LogP contribution in [0.15, 0.2) is 73.1 Å². The van der Waals surface area contributed by atoms with Gasteiger partial charge in [-0.1, -0.05) is 42.5 Å². The number of aliphatic hydroxyl groups excluding tert-OH is 1. The summed E-state index contributed by atoms with van der Waals surface area (Å²) in [6, 6.07) is 14.9. The molecule has 0 saturated carbocycles. The van der Waals surface area contributed by atoms with Gasteiger partial charge in [-0.2, -0.15) is 13.2 Å². The Balaban J connectivity index is 1.49. The molecule has 4 aromatic rings. The SMILES string of the molecule is Cc1cnc(Nc2ccccc2C(F)(F)F)nc1-c1c[nH]c(OC(=O)NC(CO)c2ccccc2)c1. The van der Waals surface area contributed by atoms with E-state index in [0.717, 1.165) is 6.07 Å². The smallest absolute Gasteiger partial charge is 0.394 e. The minimum atomic E-state index is -4.54. The number of carbonyl (C=O) groups excluding carboxylic acids is 1. The largest absolute Gasteiger partial charge is 0.418 e. The first kappa shape index (κ1) is 24.7. The summed E-state index contributed by atoms with van der Waals surface area (Å²) in [5, 5.41) is 14.8. The van der Waals surface area contributed by atoms with Gasteiger partial charge < -0.3 is 25.5 Å². The molecule has 1 amide bonds. The quantitative estimate of drug-likeness (QED) is 0.273. The van der Waals surface area contributed by atoms with Crippen LogP contribution < -0.4 is 15.4 Å². The molecule has 0 saturated heterocycles. The van der Waals surface area contributed by atoms with Gasteiger partial charge in [0.05, 0.1) is 29.6 Å². The lowest BCUT2D eigenvalue weighted by molar-refractivity contribution is -0.136. The Morgan fingerprint density at radius 3 is 2.58 bits per heavy atom. The first-order valence-electron chi connectivity index (χ1n) is 10.8. The molecule has 0 aliphatic heterocycles. The number of benzene rings is 2. The van der Waals surface area contributed by atoms with E-state index in [0.29, 0.717) is 22.4 Å². The predicted molar refractivity (Wildman–Crippen MR) is 127 cm³/mol. The zero-order chi connectivity index (χ0) is 25.7. The molecule has 1 atom stereocenters. The molecular formula is C25H22F3N5O3. The number of halogens is 3. The van der Waals surface area contributed by atoms with E-state index in [-0.39, 0.29) is 24.1 Å². The molecule has 0 spiro atoms. The van der Waals surface area contributed by atoms with E-state index in [9.17, 15) is 23.1 Å². The average molecular weight is 497 g/mol. The van der Waals surface area contributed by atoms with Crippen LogP contribution in [-0.2, 0) is 6.18 Å². The summed E-state index contributed by atoms with van der Waals surface area (Å²) in [4.78, 5) is 23.6. The number of hydrogen-bond donors (Lipinski definition) is 4. The number of rotatable bonds is 7. The van der Waals surface area contributed by atoms with Gasteiger partial charge in [-0.05, 0) is 30.2 Å². The number of aryl methyl sites for hydroxylation is 1. The molecular weight excluding hydrogens is 475 g/mol. The second-order valence-corrected chi connectivity index (χ2v) is 7.83. The lowest BCUT2D eigenvalue weighted by Crippen LogP contribution is -2.33. The van der Waals surface area contributed by atoms with E-state index in [2.05, 4.69) is 25.6 Å². The molecule has 2 heterocycles. The third kappa shape index (κ3) is 5.81. The predicted octanol–water partition coefficient (Wildman–Crippen LogP) is 5.36. The lowest BCUT2D eigenvalue weighted by Gasteiger charge is -2.15. The minimum absolute atomic E-state index is 0.0256. The Morgan fingerprint density at radius 1 is 1.14 bits per heavy atom. The number of ether oxygens (including phenoxy) is 1. The maximum absolute atomic E-state index is 13.3. The van der Waals surface area contributed by atoms with Crippen molar-refractivity contribution in [2.45, 2.75) is 19.1 Å². The number of alkyl halides is 3. The molecule has 0 radical (unpaired) electrons. The molecule has 0 aliphatic carbocycles. The second kappa shape index (κ2) is 10.5. The van der Waals surface area contributed by atoms with Gasteiger partial charge in [0.25, 0.3) is 0 Å². The first-order chi connectivity index (χ1) is 17.2. The van der Waals surface area contributed by atoms with Crippen molar-refractivity contribution < 1.29 is 27.8 Å². The van der Waals surface area contributed by atoms with Gasteiger partial charge in [-0.25, -0.2) is 14.8 Å². The number of aliphatic hydroxyl groups is 1. The standard InChI is InChI=1S/C25H22F3N5O3/c1-15-12-30-23(31-19-10-6-5-9-18(19)25(26,27)28)33-22(15)17-11-21(29-13-17)36-24(35)32-20(14-34)16-7-3-2-4-8-16/h2-13,20,29,34H,14H2,1H3,(H,32,35)(H,30,31,33). The number of hydrogen-bond acceptors (Lipinski definition) is 6. The molecule has 0 bridgehead atoms. The van der Waals surface area contributed by atoms with Gasteiger partial charge in [0.1, 0.15) is 0 Å². The normalized spacial score (nSPS) is 12.1. The zero-order valence-corrected chi connectivity index (χ0v) is 19.0. The van der Waals surface area contributed by atoms with Gasteiger partial charge >= 0.3 is 12.3 Å². The number of nitrogens with one attached hydrogen (secondary N) is 3. The highest BCUT2D eigenvalue weighted by molar-refractivity contribution is 5.72. The summed E-state index contributed by atoms with van der Waals surface area (Å²) < 4.78 is 45.2. The third-order valence-corrected chi connectivity index (χ3v) is 5.26. The highest BCUT2D eigenvalue weighted by Crippen LogP contribution is 2.35. The fourth-order valence-electron chi connectivity index (χ4n) is 3.51. The Labute approximate surface area is 204 Å². The molecule has 4 rings (SSSR count). The molecule has 186 valence electrons. The second-order valence-electron chi connectivity index (χ2n) is 7.83. The number of aromatic nitrogens is 3. The van der Waals surface area contributed by atoms with Crippen molar-refractivity contribution in [1.82, 2.24) is 20.3 Å². The number of carbonyl (C=O) groups is 1. The number of para-hydroxylation sites is 1. The van der Waals surface area contributed by atoms with Crippen molar-refractivity contribution in [2.75, 3.05) is 11.9 Å². The van der Waals surface area contributed by atoms with E-state index in [1.165, 1.54) is 30.5 Å². The molecule has 2 aromatic carbocycles. The maximum atomic E-state index is 13.3. The molecule has 11 heteroatoms. The van der Waals surface area contributed by atoms with Gasteiger partial charge in [0.15, 0.2) is 0 Å². The fourth-order valence-corrected chi connectivity index (χ4v) is 3.51. The number of H-pyrrole nitrogens is 1. The van der Waals surface area contributed by atoms with E-state index < -0.39 is 23.9 Å². The van der Waals surface area contributed by atoms with E-state index >= 15 is 0 Å². The lowest BCUT2D eigenvalue weighted by atomic mass is 10.1. The first-order valence-corrected chi connectivity index (χ1v) is 10.8. The van der Waals surface area contributed by atoms with E-state index in [1.54, 1.807) is 37.4 Å². The van der Waals surface area contributed by atoms with Crippen LogP contribution in [0.1, 0.15) is 22.7 Å². The Morgan fingerprint density at radius 2 is 1.86 bits per heavy atom. The highest BCUT2D eigenvalue weighted by atomic mass is 19.4. The van der Waals surface area contributed by atoms with Crippen LogP contribution in [0, 0.1) is 6.92 Å². The number of nitrogens with zero attached hydrogens (tertiary/aromatic N) is 2. The van der Waals surface area contributed by atoms with Crippen LogP contribution in [0.5, 0.6) is 5.88 Å². The molecule has 0 aliphatic rings. The molecule has 2 aromatic heterocycles. The Hall–Kier alpha value is -4.38. The molecule has 0 fully saturated rings. The molecule has 1 unspecified atom stereocenters. The summed E-state index contributed by atoms with van der Waals surface area (Å²) >= 11 is 0. The van der Waals surface area contributed by atoms with Crippen LogP contribution in [0.25, 0.3) is 11.3 Å². The van der Waals surface area contributed by atoms with Crippen LogP contribution >= 0.6 is 0 Å². The van der Waals surface area contributed by atoms with E-state index in [4.69, 9.17) is 4.74 Å². The highest BCUT2D eigenvalue weighted by Gasteiger charge is 2.33. The van der Waals surface area contributed by atoms with Crippen molar-refractivity contribution in [3.63, 3.8) is 0 Å². The molecule has 4 N–H and O–H groups in total. The van der Waals surface area contributed by atoms with Crippen molar-refractivity contribution in [3.05, 3.63) is 89.7 Å². The van der Waals surface area contributed by atoms with E-state index in [1.807, 2.05) is 6.07 Å². The Kier molecular flexibility index (Phi) is 7.20. The minimum Gasteiger partial charge on any atom is -0.394 e. The summed E-state index contributed by atoms with van der Waals surface area (Å²) in [5.74, 6) is 0.0875. The summed E-state index contributed by atoms with van der Waals surface area (Å²) in [5.41, 5.74) is 1.33. The molecule has 36 heavy (non-hydrogen) atoms. The van der Waals surface area contributed by atoms with Crippen molar-refractivity contribution in [2.24, 2.45) is 0 Å². The van der Waals surface area contributed by atoms with Gasteiger partial charge in [0.2, 0.25) is 11.8 Å². The van der Waals surface area contributed by atoms with Crippen molar-refractivity contribution >= 4 is 17.7 Å². The third-order valence-electron chi connectivity index (χ3n) is 5.26. The Bertz CT molecular complexity index is 1340. The number of amides is 1. The molecule has 8 nitrogen and oxygen atoms in total. The van der Waals surface area contributed by atoms with Crippen molar-refractivity contribution in [1.29, 1.82) is 0 Å². The number of anilines is 2. The van der Waals surface area contributed by atoms with Crippen molar-refractivity contribution in [3.8, 4) is 17.1 Å². The average Bonchev–Trinajstić information content (AvgIpc) is 3.32. The van der Waals surface area contributed by atoms with Gasteiger partial charge in [-0.15, -0.1) is 0 Å². The fraction of sp³-hybridized carbons (Fsp3) is 0.160. The topological polar surface area (TPSA) is 112 Å². The maximum Gasteiger partial charge on any atom is 0.418 e. The van der Waals surface area contributed by atoms with Crippen LogP contribution in [0.4, 0.5) is 29.6 Å². The number of aromatic amines is 1. The van der Waals surface area contributed by atoms with Gasteiger partial charge in [-0.3, -0.25) is 0 Å². The van der Waals surface area contributed by atoms with Crippen LogP contribution in [0.2, 0.25) is 0 Å². The zero-order valence-electron chi connectivity index (χ0n) is 19.0. The van der Waals surface area contributed by atoms with Gasteiger partial charge in [0, 0.05) is 24.0 Å². The van der Waals surface area contributed by atoms with Crippen LogP contribution in [0.3, 0.4) is 0 Å².